The maximum atomic E-state index is 13.6. The minimum Gasteiger partial charge on any atom is -0.447 e. The summed E-state index contributed by atoms with van der Waals surface area (Å²) in [4.78, 5) is 24.2. The van der Waals surface area contributed by atoms with Gasteiger partial charge in [0.05, 0.1) is 25.5 Å². The van der Waals surface area contributed by atoms with E-state index in [1.807, 2.05) is 0 Å². The van der Waals surface area contributed by atoms with Crippen LogP contribution in [0.2, 0.25) is 0 Å². The molecule has 0 aliphatic heterocycles. The van der Waals surface area contributed by atoms with E-state index in [9.17, 15) is 18.4 Å². The Balaban J connectivity index is 1.63. The predicted octanol–water partition coefficient (Wildman–Crippen LogP) is 3.31. The lowest BCUT2D eigenvalue weighted by Crippen LogP contribution is -2.18. The van der Waals surface area contributed by atoms with E-state index in [2.05, 4.69) is 10.4 Å². The minimum absolute atomic E-state index is 0.0900. The quantitative estimate of drug-likeness (QED) is 0.468. The predicted molar refractivity (Wildman–Crippen MR) is 117 cm³/mol. The molecule has 0 aliphatic rings. The van der Waals surface area contributed by atoms with Gasteiger partial charge in [0.1, 0.15) is 12.3 Å². The van der Waals surface area contributed by atoms with Crippen LogP contribution in [0.5, 0.6) is 0 Å². The minimum atomic E-state index is -1.01. The number of methoxy groups -OCH3 is 1. The van der Waals surface area contributed by atoms with Gasteiger partial charge in [-0.05, 0) is 29.8 Å². The van der Waals surface area contributed by atoms with Gasteiger partial charge in [-0.2, -0.15) is 5.10 Å². The Morgan fingerprint density at radius 3 is 2.64 bits per heavy atom. The SMILES string of the molecule is COCCOCCOC(=O)Nc1cccc(Cc2nn(-c3ccc(F)c(F)c3)ccc2=O)c1. The maximum absolute atomic E-state index is 13.6. The summed E-state index contributed by atoms with van der Waals surface area (Å²) in [6.07, 6.45) is 0.910. The Hall–Kier alpha value is -3.63. The molecule has 0 saturated carbocycles. The van der Waals surface area contributed by atoms with Crippen molar-refractivity contribution in [1.29, 1.82) is 0 Å². The monoisotopic (exact) mass is 459 g/mol. The second-order valence-corrected chi connectivity index (χ2v) is 6.91. The van der Waals surface area contributed by atoms with E-state index >= 15 is 0 Å². The third-order valence-corrected chi connectivity index (χ3v) is 4.49. The second-order valence-electron chi connectivity index (χ2n) is 6.91. The molecule has 1 amide bonds. The molecule has 0 bridgehead atoms. The van der Waals surface area contributed by atoms with Crippen LogP contribution in [-0.4, -0.2) is 49.4 Å². The number of rotatable bonds is 10. The van der Waals surface area contributed by atoms with Gasteiger partial charge >= 0.3 is 6.09 Å². The highest BCUT2D eigenvalue weighted by atomic mass is 19.2. The summed E-state index contributed by atoms with van der Waals surface area (Å²) in [5, 5.41) is 6.86. The lowest BCUT2D eigenvalue weighted by Gasteiger charge is -2.10. The molecular formula is C23H23F2N3O5. The van der Waals surface area contributed by atoms with Crippen LogP contribution in [0.4, 0.5) is 19.3 Å². The highest BCUT2D eigenvalue weighted by Crippen LogP contribution is 2.15. The summed E-state index contributed by atoms with van der Waals surface area (Å²) in [5.74, 6) is -1.98. The van der Waals surface area contributed by atoms with Crippen LogP contribution in [0.3, 0.4) is 0 Å². The normalized spacial score (nSPS) is 10.8. The van der Waals surface area contributed by atoms with Gasteiger partial charge in [-0.25, -0.2) is 18.3 Å². The van der Waals surface area contributed by atoms with Crippen molar-refractivity contribution in [2.75, 3.05) is 38.9 Å². The van der Waals surface area contributed by atoms with E-state index in [1.54, 1.807) is 31.4 Å². The number of ether oxygens (including phenoxy) is 3. The zero-order chi connectivity index (χ0) is 23.6. The number of halogens is 2. The fourth-order valence-electron chi connectivity index (χ4n) is 2.88. The number of carbonyl (C=O) groups excluding carboxylic acids is 1. The molecule has 0 aliphatic carbocycles. The molecule has 0 atom stereocenters. The molecule has 2 aromatic carbocycles. The van der Waals surface area contributed by atoms with Gasteiger partial charge in [-0.1, -0.05) is 12.1 Å². The molecule has 1 heterocycles. The molecule has 1 N–H and O–H groups in total. The first kappa shape index (κ1) is 24.0. The van der Waals surface area contributed by atoms with Crippen LogP contribution < -0.4 is 10.7 Å². The zero-order valence-corrected chi connectivity index (χ0v) is 17.9. The van der Waals surface area contributed by atoms with Crippen LogP contribution in [0.15, 0.2) is 59.5 Å². The van der Waals surface area contributed by atoms with Crippen molar-refractivity contribution >= 4 is 11.8 Å². The summed E-state index contributed by atoms with van der Waals surface area (Å²) in [6, 6.07) is 11.5. The van der Waals surface area contributed by atoms with Gasteiger partial charge in [0.25, 0.3) is 0 Å². The van der Waals surface area contributed by atoms with Crippen LogP contribution in [0.25, 0.3) is 5.69 Å². The summed E-state index contributed by atoms with van der Waals surface area (Å²) in [6.45, 7) is 1.21. The van der Waals surface area contributed by atoms with Gasteiger partial charge in [0.15, 0.2) is 11.6 Å². The number of aromatic nitrogens is 2. The Morgan fingerprint density at radius 1 is 1.03 bits per heavy atom. The fraction of sp³-hybridized carbons (Fsp3) is 0.261. The molecule has 3 rings (SSSR count). The van der Waals surface area contributed by atoms with Crippen molar-refractivity contribution in [3.8, 4) is 5.69 Å². The lowest BCUT2D eigenvalue weighted by atomic mass is 10.1. The first-order valence-corrected chi connectivity index (χ1v) is 10.1. The molecular weight excluding hydrogens is 436 g/mol. The van der Waals surface area contributed by atoms with E-state index in [0.29, 0.717) is 24.5 Å². The molecule has 8 nitrogen and oxygen atoms in total. The molecule has 174 valence electrons. The lowest BCUT2D eigenvalue weighted by molar-refractivity contribution is 0.0447. The van der Waals surface area contributed by atoms with Crippen molar-refractivity contribution in [2.45, 2.75) is 6.42 Å². The number of hydrogen-bond acceptors (Lipinski definition) is 6. The highest BCUT2D eigenvalue weighted by Gasteiger charge is 2.09. The molecule has 0 fully saturated rings. The van der Waals surface area contributed by atoms with E-state index in [0.717, 1.165) is 12.1 Å². The third kappa shape index (κ3) is 7.19. The van der Waals surface area contributed by atoms with Crippen molar-refractivity contribution < 1.29 is 27.8 Å². The summed E-state index contributed by atoms with van der Waals surface area (Å²) >= 11 is 0. The van der Waals surface area contributed by atoms with Crippen LogP contribution in [0.1, 0.15) is 11.3 Å². The number of anilines is 1. The van der Waals surface area contributed by atoms with E-state index in [-0.39, 0.29) is 36.4 Å². The van der Waals surface area contributed by atoms with Gasteiger partial charge in [0, 0.05) is 37.5 Å². The topological polar surface area (TPSA) is 91.7 Å². The van der Waals surface area contributed by atoms with Crippen LogP contribution >= 0.6 is 0 Å². The first-order valence-electron chi connectivity index (χ1n) is 10.1. The summed E-state index contributed by atoms with van der Waals surface area (Å²) < 4.78 is 43.2. The third-order valence-electron chi connectivity index (χ3n) is 4.49. The van der Waals surface area contributed by atoms with Crippen molar-refractivity contribution in [3.63, 3.8) is 0 Å². The number of benzene rings is 2. The molecule has 10 heteroatoms. The zero-order valence-electron chi connectivity index (χ0n) is 17.9. The maximum Gasteiger partial charge on any atom is 0.411 e. The van der Waals surface area contributed by atoms with Gasteiger partial charge in [-0.3, -0.25) is 10.1 Å². The number of hydrogen-bond donors (Lipinski definition) is 1. The molecule has 0 spiro atoms. The van der Waals surface area contributed by atoms with E-state index < -0.39 is 17.7 Å². The Bertz CT molecular complexity index is 1150. The fourth-order valence-corrected chi connectivity index (χ4v) is 2.88. The van der Waals surface area contributed by atoms with Crippen LogP contribution in [0, 0.1) is 11.6 Å². The molecule has 0 saturated heterocycles. The molecule has 1 aromatic heterocycles. The number of nitrogens with zero attached hydrogens (tertiary/aromatic N) is 2. The average Bonchev–Trinajstić information content (AvgIpc) is 2.80. The molecule has 0 unspecified atom stereocenters. The van der Waals surface area contributed by atoms with E-state index in [4.69, 9.17) is 14.2 Å². The Kier molecular flexibility index (Phi) is 8.62. The number of carbonyl (C=O) groups is 1. The van der Waals surface area contributed by atoms with Gasteiger partial charge in [-0.15, -0.1) is 0 Å². The van der Waals surface area contributed by atoms with Crippen molar-refractivity contribution in [2.24, 2.45) is 0 Å². The van der Waals surface area contributed by atoms with Gasteiger partial charge in [0.2, 0.25) is 5.43 Å². The average molecular weight is 459 g/mol. The first-order chi connectivity index (χ1) is 16.0. The van der Waals surface area contributed by atoms with Crippen molar-refractivity contribution in [3.05, 3.63) is 87.8 Å². The standard InChI is InChI=1S/C23H23F2N3O5/c1-31-9-10-32-11-12-33-23(30)26-17-4-2-3-16(13-17)14-21-22(29)7-8-28(27-21)18-5-6-19(24)20(25)15-18/h2-8,13,15H,9-12,14H2,1H3,(H,26,30). The van der Waals surface area contributed by atoms with E-state index in [1.165, 1.54) is 23.0 Å². The molecule has 33 heavy (non-hydrogen) atoms. The Labute approximate surface area is 188 Å². The summed E-state index contributed by atoms with van der Waals surface area (Å²) in [7, 11) is 1.57. The van der Waals surface area contributed by atoms with Crippen molar-refractivity contribution in [1.82, 2.24) is 9.78 Å². The molecule has 0 radical (unpaired) electrons. The smallest absolute Gasteiger partial charge is 0.411 e. The largest absolute Gasteiger partial charge is 0.447 e. The van der Waals surface area contributed by atoms with Gasteiger partial charge < -0.3 is 14.2 Å². The summed E-state index contributed by atoms with van der Waals surface area (Å²) in [5.41, 5.74) is 1.37. The number of nitrogens with one attached hydrogen (secondary N) is 1. The molecule has 3 aromatic rings. The number of amides is 1. The highest BCUT2D eigenvalue weighted by molar-refractivity contribution is 5.84. The Morgan fingerprint density at radius 2 is 1.85 bits per heavy atom. The second kappa shape index (κ2) is 11.8. The van der Waals surface area contributed by atoms with Crippen LogP contribution in [-0.2, 0) is 20.6 Å².